The lowest BCUT2D eigenvalue weighted by atomic mass is 9.94. The van der Waals surface area contributed by atoms with Crippen LogP contribution in [0.5, 0.6) is 34.5 Å². The quantitative estimate of drug-likeness (QED) is 0.261. The molecule has 4 aliphatic rings. The van der Waals surface area contributed by atoms with Gasteiger partial charge in [-0.1, -0.05) is 0 Å². The molecule has 1 aliphatic carbocycles. The maximum absolute atomic E-state index is 6.28. The zero-order chi connectivity index (χ0) is 34.5. The van der Waals surface area contributed by atoms with Crippen molar-refractivity contribution in [1.82, 2.24) is 0 Å². The van der Waals surface area contributed by atoms with E-state index in [1.807, 2.05) is 0 Å². The average Bonchev–Trinajstić information content (AvgIpc) is 3.17. The molecule has 0 atom stereocenters. The molecule has 0 aromatic heterocycles. The molecule has 7 rings (SSSR count). The second-order valence-electron chi connectivity index (χ2n) is 12.5. The first-order chi connectivity index (χ1) is 25.3. The number of benzene rings is 3. The van der Waals surface area contributed by atoms with E-state index in [1.54, 1.807) is 0 Å². The Morgan fingerprint density at radius 3 is 0.549 bits per heavy atom. The third kappa shape index (κ3) is 9.97. The summed E-state index contributed by atoms with van der Waals surface area (Å²) in [5.41, 5.74) is 6.73. The van der Waals surface area contributed by atoms with Crippen molar-refractivity contribution in [3.05, 3.63) is 69.8 Å². The van der Waals surface area contributed by atoms with Gasteiger partial charge in [-0.3, -0.25) is 0 Å². The molecule has 3 heterocycles. The van der Waals surface area contributed by atoms with Crippen LogP contribution in [0.1, 0.15) is 33.4 Å². The molecule has 3 aromatic rings. The van der Waals surface area contributed by atoms with E-state index in [4.69, 9.17) is 56.8 Å². The van der Waals surface area contributed by atoms with Crippen molar-refractivity contribution < 1.29 is 56.8 Å². The Morgan fingerprint density at radius 1 is 0.216 bits per heavy atom. The van der Waals surface area contributed by atoms with Crippen molar-refractivity contribution in [2.24, 2.45) is 0 Å². The van der Waals surface area contributed by atoms with Crippen molar-refractivity contribution in [1.29, 1.82) is 0 Å². The summed E-state index contributed by atoms with van der Waals surface area (Å²) in [6.07, 6.45) is 1.94. The average molecular weight is 709 g/mol. The zero-order valence-corrected chi connectivity index (χ0v) is 29.2. The fourth-order valence-corrected chi connectivity index (χ4v) is 6.44. The van der Waals surface area contributed by atoms with Gasteiger partial charge in [0.2, 0.25) is 0 Å². The van der Waals surface area contributed by atoms with Gasteiger partial charge in [0.25, 0.3) is 0 Å². The van der Waals surface area contributed by atoms with Gasteiger partial charge >= 0.3 is 0 Å². The Kier molecular flexibility index (Phi) is 13.0. The van der Waals surface area contributed by atoms with Crippen LogP contribution in [-0.4, -0.2) is 119 Å². The van der Waals surface area contributed by atoms with E-state index in [0.29, 0.717) is 173 Å². The molecule has 0 N–H and O–H groups in total. The molecule has 3 aliphatic heterocycles. The van der Waals surface area contributed by atoms with Crippen LogP contribution in [-0.2, 0) is 47.7 Å². The summed E-state index contributed by atoms with van der Waals surface area (Å²) in [4.78, 5) is 0. The van der Waals surface area contributed by atoms with E-state index >= 15 is 0 Å². The molecule has 276 valence electrons. The Morgan fingerprint density at radius 2 is 0.373 bits per heavy atom. The van der Waals surface area contributed by atoms with Crippen molar-refractivity contribution in [3.8, 4) is 34.5 Å². The number of ether oxygens (including phenoxy) is 12. The van der Waals surface area contributed by atoms with E-state index < -0.39 is 0 Å². The lowest BCUT2D eigenvalue weighted by molar-refractivity contribution is 0.0223. The van der Waals surface area contributed by atoms with Crippen molar-refractivity contribution >= 4 is 0 Å². The third-order valence-electron chi connectivity index (χ3n) is 8.97. The summed E-state index contributed by atoms with van der Waals surface area (Å²) < 4.78 is 71.8. The molecule has 0 spiro atoms. The maximum Gasteiger partial charge on any atom is 0.161 e. The summed E-state index contributed by atoms with van der Waals surface area (Å²) >= 11 is 0. The fourth-order valence-electron chi connectivity index (χ4n) is 6.44. The smallest absolute Gasteiger partial charge is 0.161 e. The minimum atomic E-state index is 0.400. The molecular weight excluding hydrogens is 660 g/mol. The molecular formula is C39H48O12. The largest absolute Gasteiger partial charge is 0.487 e. The van der Waals surface area contributed by atoms with Crippen LogP contribution in [0.25, 0.3) is 0 Å². The fraction of sp³-hybridized carbons (Fsp3) is 0.538. The van der Waals surface area contributed by atoms with Crippen LogP contribution in [0.4, 0.5) is 0 Å². The first-order valence-electron chi connectivity index (χ1n) is 18.0. The van der Waals surface area contributed by atoms with Gasteiger partial charge < -0.3 is 56.8 Å². The second kappa shape index (κ2) is 18.6. The highest BCUT2D eigenvalue weighted by Gasteiger charge is 2.23. The van der Waals surface area contributed by atoms with Gasteiger partial charge in [-0.05, 0) is 89.0 Å². The monoisotopic (exact) mass is 708 g/mol. The van der Waals surface area contributed by atoms with Crippen LogP contribution >= 0.6 is 0 Å². The molecule has 0 saturated carbocycles. The van der Waals surface area contributed by atoms with E-state index in [9.17, 15) is 0 Å². The molecule has 0 radical (unpaired) electrons. The van der Waals surface area contributed by atoms with Crippen LogP contribution in [0.3, 0.4) is 0 Å². The van der Waals surface area contributed by atoms with E-state index in [2.05, 4.69) is 36.4 Å². The lowest BCUT2D eigenvalue weighted by Gasteiger charge is -2.20. The van der Waals surface area contributed by atoms with E-state index in [1.165, 1.54) is 0 Å². The molecule has 0 amide bonds. The molecule has 3 aromatic carbocycles. The number of hydrogen-bond acceptors (Lipinski definition) is 12. The van der Waals surface area contributed by atoms with Crippen molar-refractivity contribution in [3.63, 3.8) is 0 Å². The third-order valence-corrected chi connectivity index (χ3v) is 8.97. The summed E-state index contributed by atoms with van der Waals surface area (Å²) in [7, 11) is 0. The van der Waals surface area contributed by atoms with Crippen LogP contribution in [0.2, 0.25) is 0 Å². The van der Waals surface area contributed by atoms with E-state index in [0.717, 1.165) is 33.4 Å². The highest BCUT2D eigenvalue weighted by atomic mass is 16.6. The first-order valence-corrected chi connectivity index (χ1v) is 18.0. The van der Waals surface area contributed by atoms with E-state index in [-0.39, 0.29) is 0 Å². The Labute approximate surface area is 299 Å². The molecule has 12 nitrogen and oxygen atoms in total. The SMILES string of the molecule is c1c2c(cc3c1OCCOCCOCCO3)Cc1cc3c(cc1Cc1cc4c(cc1C2)OCCOCCOCCO4)OCCOCCOCCO3. The zero-order valence-electron chi connectivity index (χ0n) is 29.2. The van der Waals surface area contributed by atoms with Crippen molar-refractivity contribution in [2.45, 2.75) is 19.3 Å². The summed E-state index contributed by atoms with van der Waals surface area (Å²) in [6, 6.07) is 12.7. The molecule has 12 heteroatoms. The summed E-state index contributed by atoms with van der Waals surface area (Å²) in [5, 5.41) is 0. The predicted molar refractivity (Wildman–Crippen MR) is 186 cm³/mol. The number of rotatable bonds is 0. The van der Waals surface area contributed by atoms with Crippen LogP contribution in [0, 0.1) is 0 Å². The number of hydrogen-bond donors (Lipinski definition) is 0. The first kappa shape index (κ1) is 35.6. The molecule has 0 fully saturated rings. The molecule has 0 saturated heterocycles. The highest BCUT2D eigenvalue weighted by molar-refractivity contribution is 5.58. The molecule has 0 unspecified atom stereocenters. The Bertz CT molecular complexity index is 1280. The highest BCUT2D eigenvalue weighted by Crippen LogP contribution is 2.41. The minimum Gasteiger partial charge on any atom is -0.487 e. The summed E-state index contributed by atoms with van der Waals surface area (Å²) in [6.45, 7) is 8.26. The Hall–Kier alpha value is -3.78. The normalized spacial score (nSPS) is 19.8. The standard InChI is InChI=1S/C39H48O12/c1-2-41-8-14-47-35-23-29-20-31-25-37-39(51-18-12-45-6-5-43-10-16-49-37)27-33(31)21-32-26-38-36(48-15-9-42-3-4-44-11-17-50-38)24-30(32)19-28(29)22-34(35)46-13-7-40-1/h22-27H,1-21H2. The van der Waals surface area contributed by atoms with Crippen LogP contribution < -0.4 is 28.4 Å². The van der Waals surface area contributed by atoms with Crippen molar-refractivity contribution in [2.75, 3.05) is 119 Å². The predicted octanol–water partition coefficient (Wildman–Crippen LogP) is 4.19. The van der Waals surface area contributed by atoms with Gasteiger partial charge in [-0.15, -0.1) is 0 Å². The van der Waals surface area contributed by atoms with Gasteiger partial charge in [0.05, 0.1) is 79.3 Å². The minimum absolute atomic E-state index is 0.400. The van der Waals surface area contributed by atoms with Gasteiger partial charge in [0.15, 0.2) is 34.5 Å². The molecule has 51 heavy (non-hydrogen) atoms. The second-order valence-corrected chi connectivity index (χ2v) is 12.5. The van der Waals surface area contributed by atoms with Crippen LogP contribution in [0.15, 0.2) is 36.4 Å². The Balaban J connectivity index is 1.31. The lowest BCUT2D eigenvalue weighted by Crippen LogP contribution is -2.16. The topological polar surface area (TPSA) is 111 Å². The maximum atomic E-state index is 6.28. The number of fused-ring (bicyclic) bond motifs is 6. The van der Waals surface area contributed by atoms with Gasteiger partial charge in [0.1, 0.15) is 39.6 Å². The molecule has 0 bridgehead atoms. The van der Waals surface area contributed by atoms with Gasteiger partial charge in [0, 0.05) is 0 Å². The summed E-state index contributed by atoms with van der Waals surface area (Å²) in [5.74, 6) is 4.07. The van der Waals surface area contributed by atoms with Gasteiger partial charge in [-0.25, -0.2) is 0 Å². The van der Waals surface area contributed by atoms with Gasteiger partial charge in [-0.2, -0.15) is 0 Å².